The standard InChI is InChI=1S/C9H18BrNO2S/c1-7(2)5-8(6-10)11-14(12,13)9-3-4-9/h7-9,11H,3-6H2,1-2H3. The Morgan fingerprint density at radius 3 is 2.36 bits per heavy atom. The summed E-state index contributed by atoms with van der Waals surface area (Å²) < 4.78 is 26.0. The van der Waals surface area contributed by atoms with E-state index in [2.05, 4.69) is 34.5 Å². The van der Waals surface area contributed by atoms with E-state index in [9.17, 15) is 8.42 Å². The van der Waals surface area contributed by atoms with Gasteiger partial charge in [0, 0.05) is 11.4 Å². The van der Waals surface area contributed by atoms with E-state index < -0.39 is 10.0 Å². The van der Waals surface area contributed by atoms with Crippen LogP contribution < -0.4 is 4.72 Å². The van der Waals surface area contributed by atoms with Crippen LogP contribution in [0, 0.1) is 5.92 Å². The van der Waals surface area contributed by atoms with Crippen molar-refractivity contribution in [3.8, 4) is 0 Å². The summed E-state index contributed by atoms with van der Waals surface area (Å²) in [6.45, 7) is 4.20. The van der Waals surface area contributed by atoms with E-state index in [1.54, 1.807) is 0 Å². The van der Waals surface area contributed by atoms with Crippen molar-refractivity contribution in [2.24, 2.45) is 5.92 Å². The van der Waals surface area contributed by atoms with E-state index in [1.165, 1.54) is 0 Å². The third-order valence-electron chi connectivity index (χ3n) is 2.24. The van der Waals surface area contributed by atoms with Crippen molar-refractivity contribution in [2.45, 2.75) is 44.4 Å². The van der Waals surface area contributed by atoms with Crippen molar-refractivity contribution in [3.63, 3.8) is 0 Å². The maximum absolute atomic E-state index is 11.6. The minimum atomic E-state index is -3.02. The van der Waals surface area contributed by atoms with E-state index in [4.69, 9.17) is 0 Å². The number of hydrogen-bond acceptors (Lipinski definition) is 2. The van der Waals surface area contributed by atoms with Crippen molar-refractivity contribution in [1.29, 1.82) is 0 Å². The average molecular weight is 284 g/mol. The third kappa shape index (κ3) is 3.87. The zero-order valence-electron chi connectivity index (χ0n) is 8.66. The molecule has 0 bridgehead atoms. The molecule has 0 saturated heterocycles. The summed E-state index contributed by atoms with van der Waals surface area (Å²) in [5.41, 5.74) is 0. The molecule has 0 aromatic heterocycles. The second-order valence-corrected chi connectivity index (χ2v) is 6.98. The Balaban J connectivity index is 2.46. The molecule has 0 aromatic carbocycles. The molecule has 5 heteroatoms. The van der Waals surface area contributed by atoms with Crippen LogP contribution in [0.1, 0.15) is 33.1 Å². The molecule has 0 heterocycles. The Morgan fingerprint density at radius 2 is 2.00 bits per heavy atom. The summed E-state index contributed by atoms with van der Waals surface area (Å²) in [6.07, 6.45) is 2.54. The summed E-state index contributed by atoms with van der Waals surface area (Å²) in [4.78, 5) is 0. The Bertz CT molecular complexity index is 273. The van der Waals surface area contributed by atoms with Gasteiger partial charge in [-0.2, -0.15) is 0 Å². The van der Waals surface area contributed by atoms with Gasteiger partial charge in [0.1, 0.15) is 0 Å². The molecular weight excluding hydrogens is 266 g/mol. The lowest BCUT2D eigenvalue weighted by atomic mass is 10.1. The zero-order chi connectivity index (χ0) is 10.8. The monoisotopic (exact) mass is 283 g/mol. The summed E-state index contributed by atoms with van der Waals surface area (Å²) in [7, 11) is -3.02. The number of halogens is 1. The molecule has 1 unspecified atom stereocenters. The van der Waals surface area contributed by atoms with E-state index in [0.29, 0.717) is 11.2 Å². The number of rotatable bonds is 6. The molecule has 0 aromatic rings. The highest BCUT2D eigenvalue weighted by atomic mass is 79.9. The zero-order valence-corrected chi connectivity index (χ0v) is 11.1. The molecule has 0 amide bonds. The second-order valence-electron chi connectivity index (χ2n) is 4.34. The summed E-state index contributed by atoms with van der Waals surface area (Å²) in [5, 5.41) is 0.577. The summed E-state index contributed by atoms with van der Waals surface area (Å²) in [5.74, 6) is 0.513. The SMILES string of the molecule is CC(C)CC(CBr)NS(=O)(=O)C1CC1. The predicted molar refractivity (Wildman–Crippen MR) is 62.1 cm³/mol. The van der Waals surface area contributed by atoms with Crippen LogP contribution in [0.25, 0.3) is 0 Å². The first-order valence-electron chi connectivity index (χ1n) is 5.03. The largest absolute Gasteiger partial charge is 0.214 e. The lowest BCUT2D eigenvalue weighted by molar-refractivity contribution is 0.487. The maximum Gasteiger partial charge on any atom is 0.214 e. The van der Waals surface area contributed by atoms with E-state index >= 15 is 0 Å². The topological polar surface area (TPSA) is 46.2 Å². The van der Waals surface area contributed by atoms with Crippen molar-refractivity contribution in [1.82, 2.24) is 4.72 Å². The van der Waals surface area contributed by atoms with Gasteiger partial charge in [0.05, 0.1) is 5.25 Å². The number of nitrogens with one attached hydrogen (secondary N) is 1. The van der Waals surface area contributed by atoms with Crippen LogP contribution in [0.2, 0.25) is 0 Å². The van der Waals surface area contributed by atoms with Gasteiger partial charge in [-0.3, -0.25) is 0 Å². The van der Waals surface area contributed by atoms with Gasteiger partial charge in [-0.25, -0.2) is 13.1 Å². The Labute approximate surface area is 94.8 Å². The normalized spacial score (nSPS) is 20.0. The van der Waals surface area contributed by atoms with Crippen LogP contribution in [0.4, 0.5) is 0 Å². The van der Waals surface area contributed by atoms with Gasteiger partial charge in [0.25, 0.3) is 0 Å². The summed E-state index contributed by atoms with van der Waals surface area (Å²) in [6, 6.07) is 0.0422. The minimum absolute atomic E-state index is 0.0422. The minimum Gasteiger partial charge on any atom is -0.212 e. The third-order valence-corrected chi connectivity index (χ3v) is 5.03. The molecule has 1 fully saturated rings. The number of hydrogen-bond donors (Lipinski definition) is 1. The van der Waals surface area contributed by atoms with Crippen LogP contribution in [-0.4, -0.2) is 25.0 Å². The highest BCUT2D eigenvalue weighted by Gasteiger charge is 2.36. The Morgan fingerprint density at radius 1 is 1.43 bits per heavy atom. The average Bonchev–Trinajstić information content (AvgIpc) is 2.83. The molecule has 1 rings (SSSR count). The van der Waals surface area contributed by atoms with Crippen LogP contribution in [0.15, 0.2) is 0 Å². The first-order valence-corrected chi connectivity index (χ1v) is 7.69. The van der Waals surface area contributed by atoms with Gasteiger partial charge in [0.15, 0.2) is 0 Å². The molecule has 1 aliphatic rings. The summed E-state index contributed by atoms with van der Waals surface area (Å²) >= 11 is 3.34. The number of sulfonamides is 1. The van der Waals surface area contributed by atoms with Gasteiger partial charge in [-0.1, -0.05) is 29.8 Å². The molecule has 14 heavy (non-hydrogen) atoms. The molecule has 84 valence electrons. The van der Waals surface area contributed by atoms with Crippen LogP contribution >= 0.6 is 15.9 Å². The highest BCUT2D eigenvalue weighted by Crippen LogP contribution is 2.28. The van der Waals surface area contributed by atoms with Crippen molar-refractivity contribution in [3.05, 3.63) is 0 Å². The van der Waals surface area contributed by atoms with Crippen molar-refractivity contribution >= 4 is 26.0 Å². The lowest BCUT2D eigenvalue weighted by Gasteiger charge is -2.17. The predicted octanol–water partition coefficient (Wildman–Crippen LogP) is 1.88. The van der Waals surface area contributed by atoms with Gasteiger partial charge >= 0.3 is 0 Å². The molecule has 0 aliphatic heterocycles. The van der Waals surface area contributed by atoms with Crippen molar-refractivity contribution in [2.75, 3.05) is 5.33 Å². The van der Waals surface area contributed by atoms with E-state index in [-0.39, 0.29) is 11.3 Å². The molecule has 0 spiro atoms. The first-order chi connectivity index (χ1) is 6.45. The highest BCUT2D eigenvalue weighted by molar-refractivity contribution is 9.09. The first kappa shape index (κ1) is 12.5. The quantitative estimate of drug-likeness (QED) is 0.757. The van der Waals surface area contributed by atoms with E-state index in [1.807, 2.05) is 0 Å². The maximum atomic E-state index is 11.6. The molecule has 0 radical (unpaired) electrons. The molecule has 1 aliphatic carbocycles. The lowest BCUT2D eigenvalue weighted by Crippen LogP contribution is -2.38. The van der Waals surface area contributed by atoms with Gasteiger partial charge in [0.2, 0.25) is 10.0 Å². The Kier molecular flexibility index (Phi) is 4.40. The van der Waals surface area contributed by atoms with E-state index in [0.717, 1.165) is 19.3 Å². The van der Waals surface area contributed by atoms with Gasteiger partial charge in [-0.05, 0) is 25.2 Å². The van der Waals surface area contributed by atoms with Gasteiger partial charge < -0.3 is 0 Å². The fourth-order valence-electron chi connectivity index (χ4n) is 1.42. The molecule has 3 nitrogen and oxygen atoms in total. The van der Waals surface area contributed by atoms with Crippen LogP contribution in [0.3, 0.4) is 0 Å². The molecule has 1 N–H and O–H groups in total. The number of alkyl halides is 1. The van der Waals surface area contributed by atoms with Gasteiger partial charge in [-0.15, -0.1) is 0 Å². The molecular formula is C9H18BrNO2S. The second kappa shape index (κ2) is 4.94. The fourth-order valence-corrected chi connectivity index (χ4v) is 3.65. The molecule has 1 saturated carbocycles. The fraction of sp³-hybridized carbons (Fsp3) is 1.00. The van der Waals surface area contributed by atoms with Crippen LogP contribution in [0.5, 0.6) is 0 Å². The van der Waals surface area contributed by atoms with Crippen LogP contribution in [-0.2, 0) is 10.0 Å². The van der Waals surface area contributed by atoms with Crippen molar-refractivity contribution < 1.29 is 8.42 Å². The Hall–Kier alpha value is 0.390. The smallest absolute Gasteiger partial charge is 0.212 e. The molecule has 1 atom stereocenters.